The summed E-state index contributed by atoms with van der Waals surface area (Å²) in [5.41, 5.74) is 1.11. The summed E-state index contributed by atoms with van der Waals surface area (Å²) in [4.78, 5) is 14.3. The van der Waals surface area contributed by atoms with E-state index < -0.39 is 0 Å². The summed E-state index contributed by atoms with van der Waals surface area (Å²) < 4.78 is 0.852. The summed E-state index contributed by atoms with van der Waals surface area (Å²) in [6, 6.07) is 9.93. The molecule has 2 rings (SSSR count). The lowest BCUT2D eigenvalue weighted by Gasteiger charge is -2.20. The number of hydrogen-bond acceptors (Lipinski definition) is 3. The molecular weight excluding hydrogens is 288 g/mol. The van der Waals surface area contributed by atoms with Crippen LogP contribution < -0.4 is 5.32 Å². The van der Waals surface area contributed by atoms with Gasteiger partial charge in [0.1, 0.15) is 4.32 Å². The maximum Gasteiger partial charge on any atom is 0.233 e. The third-order valence-corrected chi connectivity index (χ3v) is 4.89. The molecule has 108 valence electrons. The molecule has 1 aliphatic rings. The fourth-order valence-corrected chi connectivity index (χ4v) is 3.55. The maximum atomic E-state index is 12.1. The van der Waals surface area contributed by atoms with Gasteiger partial charge in [-0.2, -0.15) is 0 Å². The zero-order valence-electron chi connectivity index (χ0n) is 11.7. The lowest BCUT2D eigenvalue weighted by molar-refractivity contribution is -0.120. The molecule has 5 heteroatoms. The number of likely N-dealkylation sites (tertiary alicyclic amines) is 1. The van der Waals surface area contributed by atoms with Crippen LogP contribution in [0.2, 0.25) is 0 Å². The van der Waals surface area contributed by atoms with Crippen molar-refractivity contribution in [2.24, 2.45) is 0 Å². The molecule has 1 atom stereocenters. The molecule has 1 fully saturated rings. The molecule has 3 nitrogen and oxygen atoms in total. The molecular formula is C15H20N2OS2. The molecule has 1 unspecified atom stereocenters. The summed E-state index contributed by atoms with van der Waals surface area (Å²) in [7, 11) is 0. The first-order valence-electron chi connectivity index (χ1n) is 6.94. The van der Waals surface area contributed by atoms with Gasteiger partial charge in [-0.3, -0.25) is 4.79 Å². The molecule has 1 N–H and O–H groups in total. The van der Waals surface area contributed by atoms with E-state index in [1.54, 1.807) is 0 Å². The predicted octanol–water partition coefficient (Wildman–Crippen LogP) is 2.81. The van der Waals surface area contributed by atoms with E-state index in [9.17, 15) is 4.79 Å². The summed E-state index contributed by atoms with van der Waals surface area (Å²) in [5, 5.41) is 2.81. The minimum Gasteiger partial charge on any atom is -0.358 e. The van der Waals surface area contributed by atoms with E-state index in [0.717, 1.165) is 23.0 Å². The quantitative estimate of drug-likeness (QED) is 0.867. The largest absolute Gasteiger partial charge is 0.358 e. The average Bonchev–Trinajstić information content (AvgIpc) is 3.00. The zero-order chi connectivity index (χ0) is 14.4. The van der Waals surface area contributed by atoms with Crippen molar-refractivity contribution in [3.63, 3.8) is 0 Å². The van der Waals surface area contributed by atoms with Gasteiger partial charge in [0.2, 0.25) is 5.91 Å². The molecule has 0 spiro atoms. The Balaban J connectivity index is 1.75. The number of nitrogens with one attached hydrogen (secondary N) is 1. The third-order valence-electron chi connectivity index (χ3n) is 3.32. The predicted molar refractivity (Wildman–Crippen MR) is 88.7 cm³/mol. The van der Waals surface area contributed by atoms with Gasteiger partial charge < -0.3 is 10.2 Å². The van der Waals surface area contributed by atoms with Gasteiger partial charge in [-0.15, -0.1) is 0 Å². The van der Waals surface area contributed by atoms with E-state index in [1.807, 2.05) is 37.3 Å². The number of thiocarbonyl (C=S) groups is 1. The van der Waals surface area contributed by atoms with Crippen molar-refractivity contribution in [3.05, 3.63) is 35.9 Å². The number of nitrogens with zero attached hydrogens (tertiary/aromatic N) is 1. The minimum absolute atomic E-state index is 0.0420. The van der Waals surface area contributed by atoms with Gasteiger partial charge in [-0.05, 0) is 25.3 Å². The molecule has 0 aliphatic carbocycles. The molecule has 0 radical (unpaired) electrons. The van der Waals surface area contributed by atoms with E-state index in [1.165, 1.54) is 24.6 Å². The first kappa shape index (κ1) is 15.3. The normalized spacial score (nSPS) is 15.9. The van der Waals surface area contributed by atoms with Crippen molar-refractivity contribution >= 4 is 34.2 Å². The lowest BCUT2D eigenvalue weighted by atomic mass is 10.2. The third kappa shape index (κ3) is 4.49. The van der Waals surface area contributed by atoms with Crippen LogP contribution in [0, 0.1) is 0 Å². The van der Waals surface area contributed by atoms with Gasteiger partial charge in [0.05, 0.1) is 5.25 Å². The second kappa shape index (κ2) is 7.64. The molecule has 0 saturated carbocycles. The fourth-order valence-electron chi connectivity index (χ4n) is 2.11. The molecule has 1 saturated heterocycles. The smallest absolute Gasteiger partial charge is 0.233 e. The molecule has 1 amide bonds. The fraction of sp³-hybridized carbons (Fsp3) is 0.467. The van der Waals surface area contributed by atoms with Crippen LogP contribution in [-0.2, 0) is 11.3 Å². The van der Waals surface area contributed by atoms with Crippen molar-refractivity contribution in [1.29, 1.82) is 0 Å². The Kier molecular flexibility index (Phi) is 5.86. The Bertz CT molecular complexity index is 458. The Morgan fingerprint density at radius 3 is 2.65 bits per heavy atom. The molecule has 20 heavy (non-hydrogen) atoms. The van der Waals surface area contributed by atoms with Crippen molar-refractivity contribution in [2.45, 2.75) is 31.6 Å². The molecule has 1 aromatic carbocycles. The summed E-state index contributed by atoms with van der Waals surface area (Å²) in [6.07, 6.45) is 2.41. The van der Waals surface area contributed by atoms with Crippen LogP contribution in [0.15, 0.2) is 30.3 Å². The maximum absolute atomic E-state index is 12.1. The molecule has 0 aromatic heterocycles. The number of rotatable bonds is 4. The number of hydrogen-bond donors (Lipinski definition) is 1. The van der Waals surface area contributed by atoms with Crippen LogP contribution in [0.3, 0.4) is 0 Å². The first-order valence-corrected chi connectivity index (χ1v) is 8.23. The Labute approximate surface area is 130 Å². The van der Waals surface area contributed by atoms with Gasteiger partial charge >= 0.3 is 0 Å². The summed E-state index contributed by atoms with van der Waals surface area (Å²) in [6.45, 7) is 4.54. The first-order chi connectivity index (χ1) is 9.66. The van der Waals surface area contributed by atoms with Crippen molar-refractivity contribution < 1.29 is 4.79 Å². The molecule has 1 heterocycles. The number of carbonyl (C=O) groups is 1. The number of benzene rings is 1. The highest BCUT2D eigenvalue weighted by molar-refractivity contribution is 8.23. The average molecular weight is 308 g/mol. The molecule has 0 bridgehead atoms. The van der Waals surface area contributed by atoms with E-state index in [4.69, 9.17) is 12.2 Å². The van der Waals surface area contributed by atoms with Crippen molar-refractivity contribution in [2.75, 3.05) is 13.1 Å². The Morgan fingerprint density at radius 1 is 1.35 bits per heavy atom. The van der Waals surface area contributed by atoms with Crippen LogP contribution in [0.1, 0.15) is 25.3 Å². The lowest BCUT2D eigenvalue weighted by Crippen LogP contribution is -2.33. The number of amides is 1. The zero-order valence-corrected chi connectivity index (χ0v) is 13.3. The number of carbonyl (C=O) groups excluding carboxylic acids is 1. The van der Waals surface area contributed by atoms with Gasteiger partial charge in [-0.1, -0.05) is 54.3 Å². The SMILES string of the molecule is CC(SC(=S)N1CCCC1)C(=O)NCc1ccccc1. The molecule has 1 aromatic rings. The Morgan fingerprint density at radius 2 is 2.00 bits per heavy atom. The second-order valence-corrected chi connectivity index (χ2v) is 6.90. The molecule has 1 aliphatic heterocycles. The van der Waals surface area contributed by atoms with Crippen LogP contribution in [0.4, 0.5) is 0 Å². The topological polar surface area (TPSA) is 32.3 Å². The summed E-state index contributed by atoms with van der Waals surface area (Å²) >= 11 is 6.88. The van der Waals surface area contributed by atoms with E-state index in [0.29, 0.717) is 6.54 Å². The second-order valence-electron chi connectivity index (χ2n) is 4.92. The minimum atomic E-state index is -0.146. The standard InChI is InChI=1S/C15H20N2OS2/c1-12(20-15(19)17-9-5-6-10-17)14(18)16-11-13-7-3-2-4-8-13/h2-4,7-8,12H,5-6,9-11H2,1H3,(H,16,18). The van der Waals surface area contributed by atoms with Crippen molar-refractivity contribution in [1.82, 2.24) is 10.2 Å². The van der Waals surface area contributed by atoms with Crippen LogP contribution in [-0.4, -0.2) is 33.5 Å². The van der Waals surface area contributed by atoms with Gasteiger partial charge in [-0.25, -0.2) is 0 Å². The van der Waals surface area contributed by atoms with Crippen molar-refractivity contribution in [3.8, 4) is 0 Å². The van der Waals surface area contributed by atoms with E-state index in [-0.39, 0.29) is 11.2 Å². The highest BCUT2D eigenvalue weighted by Gasteiger charge is 2.21. The highest BCUT2D eigenvalue weighted by Crippen LogP contribution is 2.20. The van der Waals surface area contributed by atoms with Crippen LogP contribution in [0.5, 0.6) is 0 Å². The van der Waals surface area contributed by atoms with Gasteiger partial charge in [0.15, 0.2) is 0 Å². The van der Waals surface area contributed by atoms with E-state index >= 15 is 0 Å². The van der Waals surface area contributed by atoms with Crippen LogP contribution >= 0.6 is 24.0 Å². The van der Waals surface area contributed by atoms with Crippen LogP contribution in [0.25, 0.3) is 0 Å². The van der Waals surface area contributed by atoms with Gasteiger partial charge in [0, 0.05) is 19.6 Å². The van der Waals surface area contributed by atoms with Gasteiger partial charge in [0.25, 0.3) is 0 Å². The highest BCUT2D eigenvalue weighted by atomic mass is 32.2. The number of thioether (sulfide) groups is 1. The van der Waals surface area contributed by atoms with E-state index in [2.05, 4.69) is 10.2 Å². The summed E-state index contributed by atoms with van der Waals surface area (Å²) in [5.74, 6) is 0.0420. The Hall–Kier alpha value is -1.07. The monoisotopic (exact) mass is 308 g/mol.